The molecule has 1 heterocycles. The van der Waals surface area contributed by atoms with Crippen LogP contribution in [0.3, 0.4) is 0 Å². The molecular weight excluding hydrogens is 416 g/mol. The highest BCUT2D eigenvalue weighted by molar-refractivity contribution is 5.95. The summed E-state index contributed by atoms with van der Waals surface area (Å²) < 4.78 is 18.3. The van der Waals surface area contributed by atoms with Gasteiger partial charge in [-0.2, -0.15) is 0 Å². The fourth-order valence-corrected chi connectivity index (χ4v) is 7.53. The number of carbonyl (C=O) groups excluding carboxylic acids is 2. The van der Waals surface area contributed by atoms with Gasteiger partial charge in [-0.05, 0) is 48.2 Å². The van der Waals surface area contributed by atoms with Gasteiger partial charge in [0.1, 0.15) is 12.2 Å². The molecule has 2 saturated carbocycles. The zero-order valence-electron chi connectivity index (χ0n) is 20.4. The van der Waals surface area contributed by atoms with Crippen LogP contribution in [0.1, 0.15) is 59.4 Å². The van der Waals surface area contributed by atoms with Gasteiger partial charge in [-0.1, -0.05) is 64.1 Å². The summed E-state index contributed by atoms with van der Waals surface area (Å²) in [5, 5.41) is 0. The van der Waals surface area contributed by atoms with Crippen LogP contribution in [-0.2, 0) is 25.6 Å². The van der Waals surface area contributed by atoms with Crippen molar-refractivity contribution in [3.63, 3.8) is 0 Å². The molecule has 1 aliphatic heterocycles. The minimum Gasteiger partial charge on any atom is -0.430 e. The molecule has 33 heavy (non-hydrogen) atoms. The third kappa shape index (κ3) is 3.63. The fraction of sp³-hybridized carbons (Fsp3) is 0.643. The van der Waals surface area contributed by atoms with Crippen LogP contribution in [0.4, 0.5) is 4.79 Å². The average molecular weight is 453 g/mol. The summed E-state index contributed by atoms with van der Waals surface area (Å²) in [5.74, 6) is 0.676. The maximum absolute atomic E-state index is 13.4. The summed E-state index contributed by atoms with van der Waals surface area (Å²) in [6.07, 6.45) is 3.13. The maximum atomic E-state index is 13.4. The molecule has 178 valence electrons. The largest absolute Gasteiger partial charge is 0.508 e. The summed E-state index contributed by atoms with van der Waals surface area (Å²) in [5.41, 5.74) is 1.42. The molecule has 0 unspecified atom stereocenters. The van der Waals surface area contributed by atoms with Crippen LogP contribution < -0.4 is 0 Å². The van der Waals surface area contributed by atoms with E-state index >= 15 is 0 Å². The molecule has 0 bridgehead atoms. The Morgan fingerprint density at radius 2 is 1.82 bits per heavy atom. The first kappa shape index (κ1) is 22.6. The Kier molecular flexibility index (Phi) is 5.47. The first-order valence-corrected chi connectivity index (χ1v) is 12.4. The van der Waals surface area contributed by atoms with Gasteiger partial charge in [-0.15, -0.1) is 0 Å². The van der Waals surface area contributed by atoms with Crippen LogP contribution in [0.2, 0.25) is 0 Å². The van der Waals surface area contributed by atoms with Gasteiger partial charge in [-0.25, -0.2) is 4.79 Å². The molecule has 8 atom stereocenters. The third-order valence-corrected chi connectivity index (χ3v) is 9.20. The van der Waals surface area contributed by atoms with E-state index in [0.29, 0.717) is 18.9 Å². The van der Waals surface area contributed by atoms with Gasteiger partial charge in [0.2, 0.25) is 0 Å². The van der Waals surface area contributed by atoms with Crippen molar-refractivity contribution in [1.82, 2.24) is 0 Å². The molecule has 4 aliphatic rings. The predicted molar refractivity (Wildman–Crippen MR) is 124 cm³/mol. The zero-order chi connectivity index (χ0) is 23.5. The topological polar surface area (TPSA) is 61.8 Å². The molecule has 1 saturated heterocycles. The minimum atomic E-state index is -0.565. The predicted octanol–water partition coefficient (Wildman–Crippen LogP) is 5.72. The number of carbonyl (C=O) groups is 2. The van der Waals surface area contributed by atoms with Crippen LogP contribution >= 0.6 is 0 Å². The number of ether oxygens (including phenoxy) is 3. The average Bonchev–Trinajstić information content (AvgIpc) is 3.17. The molecule has 0 amide bonds. The molecule has 0 spiro atoms. The van der Waals surface area contributed by atoms with E-state index in [-0.39, 0.29) is 47.3 Å². The second-order valence-electron chi connectivity index (χ2n) is 11.7. The quantitative estimate of drug-likeness (QED) is 0.549. The molecule has 1 aromatic rings. The second-order valence-corrected chi connectivity index (χ2v) is 11.7. The lowest BCUT2D eigenvalue weighted by molar-refractivity contribution is -0.172. The number of ketones is 1. The highest BCUT2D eigenvalue weighted by atomic mass is 16.7. The van der Waals surface area contributed by atoms with Crippen molar-refractivity contribution in [3.05, 3.63) is 47.5 Å². The number of rotatable bonds is 3. The normalized spacial score (nSPS) is 43.2. The molecule has 3 fully saturated rings. The monoisotopic (exact) mass is 452 g/mol. The first-order chi connectivity index (χ1) is 15.6. The van der Waals surface area contributed by atoms with Gasteiger partial charge in [0.25, 0.3) is 0 Å². The van der Waals surface area contributed by atoms with Gasteiger partial charge in [0.05, 0.1) is 12.7 Å². The number of fused-ring (bicyclic) bond motifs is 2. The summed E-state index contributed by atoms with van der Waals surface area (Å²) in [4.78, 5) is 26.0. The minimum absolute atomic E-state index is 0.0171. The summed E-state index contributed by atoms with van der Waals surface area (Å²) >= 11 is 0. The Balaban J connectivity index is 1.54. The standard InChI is InChI=1S/C28H36O5/c1-16-11-19-20(12-17(2)24(19)31-15-18-9-7-6-8-10-18)25-28(5)22(13-21(16)29)27(3,4)14-23(28)32-26(30)33-25/h6-11,17,19-20,22-25H,12-15H2,1-5H3/b16-11-/t17-,19+,20+,22-,23-,24+,25+,28+/m1/s1. The lowest BCUT2D eigenvalue weighted by Crippen LogP contribution is -2.56. The second kappa shape index (κ2) is 7.97. The number of Topliss-reactive ketones (excluding diaryl/α,β-unsaturated/α-hetero) is 1. The summed E-state index contributed by atoms with van der Waals surface area (Å²) in [6, 6.07) is 10.2. The van der Waals surface area contributed by atoms with Crippen molar-refractivity contribution in [2.45, 2.75) is 78.8 Å². The van der Waals surface area contributed by atoms with Gasteiger partial charge in [-0.3, -0.25) is 4.79 Å². The Morgan fingerprint density at radius 3 is 2.55 bits per heavy atom. The highest BCUT2D eigenvalue weighted by Crippen LogP contribution is 2.63. The van der Waals surface area contributed by atoms with Gasteiger partial charge in [0.15, 0.2) is 5.78 Å². The van der Waals surface area contributed by atoms with E-state index in [1.54, 1.807) is 0 Å². The number of hydrogen-bond donors (Lipinski definition) is 0. The smallest absolute Gasteiger partial charge is 0.430 e. The van der Waals surface area contributed by atoms with Crippen LogP contribution in [0.5, 0.6) is 0 Å². The molecule has 0 aromatic heterocycles. The van der Waals surface area contributed by atoms with E-state index in [1.807, 2.05) is 25.1 Å². The Morgan fingerprint density at radius 1 is 1.09 bits per heavy atom. The van der Waals surface area contributed by atoms with E-state index < -0.39 is 11.6 Å². The maximum Gasteiger partial charge on any atom is 0.508 e. The van der Waals surface area contributed by atoms with E-state index in [0.717, 1.165) is 24.0 Å². The highest BCUT2D eigenvalue weighted by Gasteiger charge is 2.67. The molecule has 3 aliphatic carbocycles. The van der Waals surface area contributed by atoms with Crippen LogP contribution in [0.15, 0.2) is 42.0 Å². The number of allylic oxidation sites excluding steroid dienone is 1. The molecule has 5 heteroatoms. The van der Waals surface area contributed by atoms with Gasteiger partial charge >= 0.3 is 6.16 Å². The Labute approximate surface area is 196 Å². The Hall–Kier alpha value is -2.14. The lowest BCUT2D eigenvalue weighted by Gasteiger charge is -2.49. The molecule has 1 aromatic carbocycles. The van der Waals surface area contributed by atoms with E-state index in [1.165, 1.54) is 0 Å². The van der Waals surface area contributed by atoms with Crippen molar-refractivity contribution in [1.29, 1.82) is 0 Å². The fourth-order valence-electron chi connectivity index (χ4n) is 7.53. The van der Waals surface area contributed by atoms with Crippen molar-refractivity contribution in [3.8, 4) is 0 Å². The molecule has 0 N–H and O–H groups in total. The van der Waals surface area contributed by atoms with Crippen LogP contribution in [-0.4, -0.2) is 30.3 Å². The summed E-state index contributed by atoms with van der Waals surface area (Å²) in [7, 11) is 0. The first-order valence-electron chi connectivity index (χ1n) is 12.4. The molecule has 5 nitrogen and oxygen atoms in total. The van der Waals surface area contributed by atoms with Crippen LogP contribution in [0, 0.1) is 34.5 Å². The lowest BCUT2D eigenvalue weighted by atomic mass is 9.62. The van der Waals surface area contributed by atoms with Crippen molar-refractivity contribution < 1.29 is 23.8 Å². The van der Waals surface area contributed by atoms with Gasteiger partial charge in [0, 0.05) is 23.7 Å². The van der Waals surface area contributed by atoms with E-state index in [2.05, 4.69) is 45.9 Å². The molecule has 5 rings (SSSR count). The zero-order valence-corrected chi connectivity index (χ0v) is 20.4. The molecule has 0 radical (unpaired) electrons. The number of hydrogen-bond acceptors (Lipinski definition) is 5. The summed E-state index contributed by atoms with van der Waals surface area (Å²) in [6.45, 7) is 11.3. The Bertz CT molecular complexity index is 966. The number of benzene rings is 1. The van der Waals surface area contributed by atoms with Crippen molar-refractivity contribution in [2.75, 3.05) is 0 Å². The van der Waals surface area contributed by atoms with Crippen molar-refractivity contribution in [2.24, 2.45) is 34.5 Å². The SMILES string of the molecule is C/C1=C/[C@H]2[C@H](C[C@@H](C)[C@@H]2OCc2ccccc2)[C@@H]2OC(=O)O[C@@H]3CC(C)(C)[C@@H](CC1=O)[C@@]32C. The van der Waals surface area contributed by atoms with E-state index in [9.17, 15) is 9.59 Å². The van der Waals surface area contributed by atoms with Crippen molar-refractivity contribution >= 4 is 11.9 Å². The van der Waals surface area contributed by atoms with E-state index in [4.69, 9.17) is 14.2 Å². The third-order valence-electron chi connectivity index (χ3n) is 9.20. The van der Waals surface area contributed by atoms with Gasteiger partial charge < -0.3 is 14.2 Å². The van der Waals surface area contributed by atoms with Crippen LogP contribution in [0.25, 0.3) is 0 Å². The molecular formula is C28H36O5.